The van der Waals surface area contributed by atoms with E-state index in [2.05, 4.69) is 10.4 Å². The van der Waals surface area contributed by atoms with E-state index in [9.17, 15) is 4.79 Å². The number of carbonyl (C=O) groups is 1. The fraction of sp³-hybridized carbons (Fsp3) is 0.375. The molecule has 0 fully saturated rings. The lowest BCUT2D eigenvalue weighted by atomic mass is 9.85. The van der Waals surface area contributed by atoms with Crippen molar-refractivity contribution in [2.75, 3.05) is 5.32 Å². The molecule has 1 heterocycles. The van der Waals surface area contributed by atoms with E-state index in [1.54, 1.807) is 10.9 Å². The topological polar surface area (TPSA) is 72.9 Å². The fourth-order valence-electron chi connectivity index (χ4n) is 1.87. The number of aromatic nitrogens is 2. The van der Waals surface area contributed by atoms with Gasteiger partial charge in [-0.25, -0.2) is 4.68 Å². The molecule has 0 aliphatic heterocycles. The van der Waals surface area contributed by atoms with Gasteiger partial charge in [-0.2, -0.15) is 5.10 Å². The lowest BCUT2D eigenvalue weighted by molar-refractivity contribution is -0.117. The first kappa shape index (κ1) is 15.3. The Morgan fingerprint density at radius 2 is 2.14 bits per heavy atom. The summed E-state index contributed by atoms with van der Waals surface area (Å²) in [5.41, 5.74) is 7.59. The Hall–Kier alpha value is -2.14. The second-order valence-corrected chi connectivity index (χ2v) is 6.23. The maximum Gasteiger partial charge on any atom is 0.225 e. The molecule has 1 unspecified atom stereocenters. The molecule has 0 saturated carbocycles. The van der Waals surface area contributed by atoms with Crippen LogP contribution < -0.4 is 11.1 Å². The maximum atomic E-state index is 12.1. The number of hydrogen-bond donors (Lipinski definition) is 2. The molecule has 21 heavy (non-hydrogen) atoms. The molecule has 2 rings (SSSR count). The van der Waals surface area contributed by atoms with Crippen LogP contribution in [0.25, 0.3) is 5.69 Å². The molecule has 0 aliphatic rings. The number of nitrogens with one attached hydrogen (secondary N) is 1. The zero-order valence-corrected chi connectivity index (χ0v) is 12.7. The molecule has 2 aromatic rings. The van der Waals surface area contributed by atoms with Crippen LogP contribution in [0.4, 0.5) is 5.69 Å². The van der Waals surface area contributed by atoms with E-state index in [1.165, 1.54) is 0 Å². The van der Waals surface area contributed by atoms with E-state index in [1.807, 2.05) is 57.3 Å². The normalized spacial score (nSPS) is 13.0. The van der Waals surface area contributed by atoms with Gasteiger partial charge in [0, 0.05) is 30.5 Å². The minimum atomic E-state index is -0.174. The van der Waals surface area contributed by atoms with Crippen LogP contribution in [0.2, 0.25) is 0 Å². The molecular weight excluding hydrogens is 264 g/mol. The summed E-state index contributed by atoms with van der Waals surface area (Å²) in [6.45, 7) is 6.09. The van der Waals surface area contributed by atoms with Crippen LogP contribution in [-0.2, 0) is 4.79 Å². The molecule has 0 bridgehead atoms. The molecule has 3 N–H and O–H groups in total. The Morgan fingerprint density at radius 1 is 1.38 bits per heavy atom. The second-order valence-electron chi connectivity index (χ2n) is 6.23. The van der Waals surface area contributed by atoms with Gasteiger partial charge >= 0.3 is 0 Å². The molecule has 5 heteroatoms. The smallest absolute Gasteiger partial charge is 0.225 e. The average Bonchev–Trinajstić information content (AvgIpc) is 2.91. The van der Waals surface area contributed by atoms with Crippen molar-refractivity contribution in [1.82, 2.24) is 9.78 Å². The standard InChI is InChI=1S/C16H22N4O/c1-16(2,3)14(17)11-15(21)19-12-6-4-7-13(10-12)20-9-5-8-18-20/h4-10,14H,11,17H2,1-3H3,(H,19,21). The van der Waals surface area contributed by atoms with E-state index in [-0.39, 0.29) is 17.4 Å². The molecular formula is C16H22N4O. The Morgan fingerprint density at radius 3 is 2.76 bits per heavy atom. The maximum absolute atomic E-state index is 12.1. The van der Waals surface area contributed by atoms with Crippen LogP contribution in [0.1, 0.15) is 27.2 Å². The molecule has 1 amide bonds. The molecule has 0 saturated heterocycles. The molecule has 112 valence electrons. The second kappa shape index (κ2) is 6.10. The number of carbonyl (C=O) groups excluding carboxylic acids is 1. The predicted molar refractivity (Wildman–Crippen MR) is 84.2 cm³/mol. The predicted octanol–water partition coefficient (Wildman–Crippen LogP) is 2.57. The first-order chi connectivity index (χ1) is 9.86. The first-order valence-corrected chi connectivity index (χ1v) is 7.02. The zero-order chi connectivity index (χ0) is 15.5. The average molecular weight is 286 g/mol. The highest BCUT2D eigenvalue weighted by Gasteiger charge is 2.23. The first-order valence-electron chi connectivity index (χ1n) is 7.02. The summed E-state index contributed by atoms with van der Waals surface area (Å²) in [6, 6.07) is 9.24. The van der Waals surface area contributed by atoms with E-state index >= 15 is 0 Å². The van der Waals surface area contributed by atoms with Crippen molar-refractivity contribution in [2.45, 2.75) is 33.2 Å². The number of nitrogens with two attached hydrogens (primary N) is 1. The van der Waals surface area contributed by atoms with Gasteiger partial charge in [0.1, 0.15) is 0 Å². The molecule has 1 aromatic carbocycles. The third kappa shape index (κ3) is 4.16. The lowest BCUT2D eigenvalue weighted by Gasteiger charge is -2.26. The summed E-state index contributed by atoms with van der Waals surface area (Å²) in [5, 5.41) is 7.06. The fourth-order valence-corrected chi connectivity index (χ4v) is 1.87. The minimum Gasteiger partial charge on any atom is -0.327 e. The number of nitrogens with zero attached hydrogens (tertiary/aromatic N) is 2. The van der Waals surface area contributed by atoms with Gasteiger partial charge in [0.2, 0.25) is 5.91 Å². The van der Waals surface area contributed by atoms with Crippen LogP contribution >= 0.6 is 0 Å². The number of hydrogen-bond acceptors (Lipinski definition) is 3. The van der Waals surface area contributed by atoms with Crippen molar-refractivity contribution >= 4 is 11.6 Å². The summed E-state index contributed by atoms with van der Waals surface area (Å²) in [4.78, 5) is 12.1. The van der Waals surface area contributed by atoms with Crippen LogP contribution in [0.3, 0.4) is 0 Å². The van der Waals surface area contributed by atoms with Crippen LogP contribution in [0.15, 0.2) is 42.7 Å². The van der Waals surface area contributed by atoms with Crippen LogP contribution in [0.5, 0.6) is 0 Å². The summed E-state index contributed by atoms with van der Waals surface area (Å²) in [5.74, 6) is -0.0740. The molecule has 0 spiro atoms. The van der Waals surface area contributed by atoms with E-state index in [4.69, 9.17) is 5.73 Å². The summed E-state index contributed by atoms with van der Waals surface area (Å²) < 4.78 is 1.75. The van der Waals surface area contributed by atoms with Crippen molar-refractivity contribution < 1.29 is 4.79 Å². The SMILES string of the molecule is CC(C)(C)C(N)CC(=O)Nc1cccc(-n2cccn2)c1. The van der Waals surface area contributed by atoms with Gasteiger partial charge in [0.15, 0.2) is 0 Å². The number of benzene rings is 1. The highest BCUT2D eigenvalue weighted by Crippen LogP contribution is 2.20. The monoisotopic (exact) mass is 286 g/mol. The molecule has 0 aliphatic carbocycles. The number of rotatable bonds is 4. The quantitative estimate of drug-likeness (QED) is 0.907. The van der Waals surface area contributed by atoms with Gasteiger partial charge in [-0.15, -0.1) is 0 Å². The van der Waals surface area contributed by atoms with Gasteiger partial charge in [0.25, 0.3) is 0 Å². The molecule has 1 atom stereocenters. The zero-order valence-electron chi connectivity index (χ0n) is 12.7. The van der Waals surface area contributed by atoms with Gasteiger partial charge < -0.3 is 11.1 Å². The van der Waals surface area contributed by atoms with Crippen LogP contribution in [-0.4, -0.2) is 21.7 Å². The van der Waals surface area contributed by atoms with Crippen molar-refractivity contribution in [3.8, 4) is 5.69 Å². The Balaban J connectivity index is 2.03. The minimum absolute atomic E-state index is 0.0740. The third-order valence-electron chi connectivity index (χ3n) is 3.42. The largest absolute Gasteiger partial charge is 0.327 e. The van der Waals surface area contributed by atoms with E-state index in [0.29, 0.717) is 6.42 Å². The van der Waals surface area contributed by atoms with Crippen molar-refractivity contribution in [2.24, 2.45) is 11.1 Å². The molecule has 0 radical (unpaired) electrons. The Bertz CT molecular complexity index is 599. The summed E-state index contributed by atoms with van der Waals surface area (Å²) in [7, 11) is 0. The summed E-state index contributed by atoms with van der Waals surface area (Å²) >= 11 is 0. The third-order valence-corrected chi connectivity index (χ3v) is 3.42. The van der Waals surface area contributed by atoms with Crippen molar-refractivity contribution in [3.63, 3.8) is 0 Å². The summed E-state index contributed by atoms with van der Waals surface area (Å²) in [6.07, 6.45) is 3.87. The van der Waals surface area contributed by atoms with Crippen molar-refractivity contribution in [3.05, 3.63) is 42.7 Å². The Labute approximate surface area is 125 Å². The Kier molecular flexibility index (Phi) is 4.43. The van der Waals surface area contributed by atoms with Crippen molar-refractivity contribution in [1.29, 1.82) is 0 Å². The molecule has 1 aromatic heterocycles. The van der Waals surface area contributed by atoms with Gasteiger partial charge in [-0.1, -0.05) is 26.8 Å². The van der Waals surface area contributed by atoms with E-state index < -0.39 is 0 Å². The lowest BCUT2D eigenvalue weighted by Crippen LogP contribution is -2.38. The van der Waals surface area contributed by atoms with Gasteiger partial charge in [-0.05, 0) is 29.7 Å². The van der Waals surface area contributed by atoms with Gasteiger partial charge in [-0.3, -0.25) is 4.79 Å². The van der Waals surface area contributed by atoms with E-state index in [0.717, 1.165) is 11.4 Å². The van der Waals surface area contributed by atoms with Gasteiger partial charge in [0.05, 0.1) is 5.69 Å². The molecule has 5 nitrogen and oxygen atoms in total. The highest BCUT2D eigenvalue weighted by molar-refractivity contribution is 5.91. The van der Waals surface area contributed by atoms with Crippen LogP contribution in [0, 0.1) is 5.41 Å². The number of anilines is 1. The highest BCUT2D eigenvalue weighted by atomic mass is 16.1. The number of amides is 1.